The Bertz CT molecular complexity index is 413. The van der Waals surface area contributed by atoms with Gasteiger partial charge in [-0.25, -0.2) is 0 Å². The summed E-state index contributed by atoms with van der Waals surface area (Å²) in [6, 6.07) is 8.34. The molecule has 0 radical (unpaired) electrons. The normalized spacial score (nSPS) is 11.3. The van der Waals surface area contributed by atoms with Gasteiger partial charge in [-0.05, 0) is 51.3 Å². The molecule has 0 amide bonds. The van der Waals surface area contributed by atoms with Gasteiger partial charge in [-0.2, -0.15) is 0 Å². The summed E-state index contributed by atoms with van der Waals surface area (Å²) in [6.07, 6.45) is 1.57. The zero-order valence-corrected chi connectivity index (χ0v) is 11.7. The van der Waals surface area contributed by atoms with Crippen LogP contribution in [0.5, 0.6) is 0 Å². The van der Waals surface area contributed by atoms with Crippen LogP contribution in [-0.4, -0.2) is 24.7 Å². The van der Waals surface area contributed by atoms with Crippen LogP contribution in [0, 0.1) is 12.3 Å². The molecule has 0 aliphatic carbocycles. The van der Waals surface area contributed by atoms with Crippen LogP contribution in [0.25, 0.3) is 0 Å². The molecular formula is C15H23NO2. The van der Waals surface area contributed by atoms with Gasteiger partial charge in [-0.3, -0.25) is 4.79 Å². The molecule has 3 heteroatoms. The van der Waals surface area contributed by atoms with Gasteiger partial charge in [-0.15, -0.1) is 0 Å². The minimum absolute atomic E-state index is 0.632. The first-order valence-corrected chi connectivity index (χ1v) is 6.34. The van der Waals surface area contributed by atoms with E-state index in [1.54, 1.807) is 13.8 Å². The molecule has 0 aromatic heterocycles. The zero-order valence-electron chi connectivity index (χ0n) is 11.7. The van der Waals surface area contributed by atoms with E-state index in [1.165, 1.54) is 11.3 Å². The van der Waals surface area contributed by atoms with Crippen molar-refractivity contribution in [3.05, 3.63) is 29.8 Å². The predicted molar refractivity (Wildman–Crippen MR) is 75.1 cm³/mol. The standard InChI is InChI=1S/C15H23NO2/c1-12-7-5-8-13(11-12)16(4)10-6-9-15(2,3)14(17)18/h5,7-8,11H,6,9-10H2,1-4H3,(H,17,18). The summed E-state index contributed by atoms with van der Waals surface area (Å²) in [7, 11) is 2.04. The number of carboxylic acids is 1. The number of nitrogens with zero attached hydrogens (tertiary/aromatic N) is 1. The summed E-state index contributed by atoms with van der Waals surface area (Å²) in [5, 5.41) is 9.05. The maximum absolute atomic E-state index is 11.0. The van der Waals surface area contributed by atoms with Gasteiger partial charge in [0.1, 0.15) is 0 Å². The second kappa shape index (κ2) is 5.89. The lowest BCUT2D eigenvalue weighted by molar-refractivity contribution is -0.147. The molecule has 0 aliphatic heterocycles. The fraction of sp³-hybridized carbons (Fsp3) is 0.533. The average molecular weight is 249 g/mol. The SMILES string of the molecule is Cc1cccc(N(C)CCCC(C)(C)C(=O)O)c1. The van der Waals surface area contributed by atoms with Crippen molar-refractivity contribution in [2.24, 2.45) is 5.41 Å². The van der Waals surface area contributed by atoms with E-state index in [2.05, 4.69) is 30.0 Å². The molecule has 0 fully saturated rings. The molecule has 0 saturated heterocycles. The molecule has 1 aromatic rings. The third-order valence-corrected chi connectivity index (χ3v) is 3.32. The third kappa shape index (κ3) is 4.06. The largest absolute Gasteiger partial charge is 0.481 e. The molecule has 3 nitrogen and oxygen atoms in total. The van der Waals surface area contributed by atoms with Crippen LogP contribution >= 0.6 is 0 Å². The lowest BCUT2D eigenvalue weighted by Gasteiger charge is -2.23. The Morgan fingerprint density at radius 1 is 1.39 bits per heavy atom. The van der Waals surface area contributed by atoms with Crippen molar-refractivity contribution in [3.8, 4) is 0 Å². The number of carbonyl (C=O) groups is 1. The smallest absolute Gasteiger partial charge is 0.309 e. The van der Waals surface area contributed by atoms with Gasteiger partial charge in [-0.1, -0.05) is 12.1 Å². The predicted octanol–water partition coefficient (Wildman–Crippen LogP) is 3.32. The fourth-order valence-electron chi connectivity index (χ4n) is 1.86. The molecule has 0 spiro atoms. The van der Waals surface area contributed by atoms with Crippen LogP contribution < -0.4 is 4.90 Å². The summed E-state index contributed by atoms with van der Waals surface area (Å²) in [5.74, 6) is -0.722. The lowest BCUT2D eigenvalue weighted by Crippen LogP contribution is -2.26. The number of benzene rings is 1. The molecule has 1 N–H and O–H groups in total. The summed E-state index contributed by atoms with van der Waals surface area (Å²) >= 11 is 0. The summed E-state index contributed by atoms with van der Waals surface area (Å²) in [6.45, 7) is 6.51. The second-order valence-corrected chi connectivity index (χ2v) is 5.55. The summed E-state index contributed by atoms with van der Waals surface area (Å²) < 4.78 is 0. The number of aryl methyl sites for hydroxylation is 1. The molecule has 18 heavy (non-hydrogen) atoms. The van der Waals surface area contributed by atoms with Gasteiger partial charge in [0.15, 0.2) is 0 Å². The Hall–Kier alpha value is -1.51. The van der Waals surface area contributed by atoms with Gasteiger partial charge in [0.05, 0.1) is 5.41 Å². The van der Waals surface area contributed by atoms with Crippen LogP contribution in [0.3, 0.4) is 0 Å². The molecule has 1 rings (SSSR count). The van der Waals surface area contributed by atoms with Crippen molar-refractivity contribution in [2.75, 3.05) is 18.5 Å². The molecule has 0 bridgehead atoms. The summed E-state index contributed by atoms with van der Waals surface area (Å²) in [5.41, 5.74) is 1.79. The second-order valence-electron chi connectivity index (χ2n) is 5.55. The molecule has 100 valence electrons. The van der Waals surface area contributed by atoms with E-state index >= 15 is 0 Å². The van der Waals surface area contributed by atoms with E-state index in [0.717, 1.165) is 13.0 Å². The molecule has 0 atom stereocenters. The third-order valence-electron chi connectivity index (χ3n) is 3.32. The topological polar surface area (TPSA) is 40.5 Å². The first-order valence-electron chi connectivity index (χ1n) is 6.34. The summed E-state index contributed by atoms with van der Waals surface area (Å²) in [4.78, 5) is 13.2. The Morgan fingerprint density at radius 3 is 2.61 bits per heavy atom. The van der Waals surface area contributed by atoms with Crippen molar-refractivity contribution >= 4 is 11.7 Å². The molecule has 1 aromatic carbocycles. The molecule has 0 aliphatic rings. The van der Waals surface area contributed by atoms with Crippen molar-refractivity contribution in [3.63, 3.8) is 0 Å². The number of hydrogen-bond acceptors (Lipinski definition) is 2. The highest BCUT2D eigenvalue weighted by atomic mass is 16.4. The van der Waals surface area contributed by atoms with E-state index < -0.39 is 11.4 Å². The first kappa shape index (κ1) is 14.6. The van der Waals surface area contributed by atoms with Gasteiger partial charge >= 0.3 is 5.97 Å². The first-order chi connectivity index (χ1) is 8.33. The Labute approximate surface area is 109 Å². The number of carboxylic acid groups (broad SMARTS) is 1. The highest BCUT2D eigenvalue weighted by Gasteiger charge is 2.26. The number of anilines is 1. The van der Waals surface area contributed by atoms with E-state index in [4.69, 9.17) is 5.11 Å². The Morgan fingerprint density at radius 2 is 2.06 bits per heavy atom. The fourth-order valence-corrected chi connectivity index (χ4v) is 1.86. The molecule has 0 heterocycles. The van der Waals surface area contributed by atoms with Crippen LogP contribution in [-0.2, 0) is 4.79 Å². The number of aliphatic carboxylic acids is 1. The number of hydrogen-bond donors (Lipinski definition) is 1. The Kier molecular flexibility index (Phi) is 4.76. The monoisotopic (exact) mass is 249 g/mol. The van der Waals surface area contributed by atoms with E-state index in [0.29, 0.717) is 6.42 Å². The zero-order chi connectivity index (χ0) is 13.8. The highest BCUT2D eigenvalue weighted by molar-refractivity contribution is 5.73. The van der Waals surface area contributed by atoms with Crippen molar-refractivity contribution in [1.82, 2.24) is 0 Å². The maximum atomic E-state index is 11.0. The van der Waals surface area contributed by atoms with Crippen LogP contribution in [0.15, 0.2) is 24.3 Å². The van der Waals surface area contributed by atoms with E-state index in [9.17, 15) is 4.79 Å². The van der Waals surface area contributed by atoms with Gasteiger partial charge < -0.3 is 10.0 Å². The quantitative estimate of drug-likeness (QED) is 0.840. The van der Waals surface area contributed by atoms with Gasteiger partial charge in [0.2, 0.25) is 0 Å². The van der Waals surface area contributed by atoms with Crippen LogP contribution in [0.2, 0.25) is 0 Å². The van der Waals surface area contributed by atoms with Crippen molar-refractivity contribution in [2.45, 2.75) is 33.6 Å². The van der Waals surface area contributed by atoms with Crippen LogP contribution in [0.4, 0.5) is 5.69 Å². The lowest BCUT2D eigenvalue weighted by atomic mass is 9.88. The molecular weight excluding hydrogens is 226 g/mol. The van der Waals surface area contributed by atoms with Crippen LogP contribution in [0.1, 0.15) is 32.3 Å². The van der Waals surface area contributed by atoms with E-state index in [1.807, 2.05) is 13.1 Å². The van der Waals surface area contributed by atoms with Gasteiger partial charge in [0.25, 0.3) is 0 Å². The number of rotatable bonds is 6. The molecule has 0 unspecified atom stereocenters. The average Bonchev–Trinajstić information content (AvgIpc) is 2.28. The van der Waals surface area contributed by atoms with Crippen molar-refractivity contribution < 1.29 is 9.90 Å². The minimum atomic E-state index is -0.722. The van der Waals surface area contributed by atoms with Gasteiger partial charge in [0, 0.05) is 19.3 Å². The van der Waals surface area contributed by atoms with E-state index in [-0.39, 0.29) is 0 Å². The minimum Gasteiger partial charge on any atom is -0.481 e. The van der Waals surface area contributed by atoms with Crippen molar-refractivity contribution in [1.29, 1.82) is 0 Å². The highest BCUT2D eigenvalue weighted by Crippen LogP contribution is 2.23. The molecule has 0 saturated carbocycles. The Balaban J connectivity index is 2.47. The maximum Gasteiger partial charge on any atom is 0.309 e.